The average Bonchev–Trinajstić information content (AvgIpc) is 3.06. The van der Waals surface area contributed by atoms with Gasteiger partial charge in [0.2, 0.25) is 17.6 Å². The van der Waals surface area contributed by atoms with Crippen LogP contribution in [0.25, 0.3) is 11.7 Å². The van der Waals surface area contributed by atoms with Gasteiger partial charge in [-0.15, -0.1) is 0 Å². The standard InChI is InChI=1S/C16H16N4O3/c1-16(2,10-7-5-4-6-8-10)15-19-14(23-20-15)13-17-11(21)9-12(18-13)22-3/h4-9H,1-3H3,(H,17,18,21). The molecule has 0 radical (unpaired) electrons. The van der Waals surface area contributed by atoms with Gasteiger partial charge in [0.05, 0.1) is 18.6 Å². The molecular weight excluding hydrogens is 296 g/mol. The highest BCUT2D eigenvalue weighted by molar-refractivity contribution is 5.44. The summed E-state index contributed by atoms with van der Waals surface area (Å²) in [6.45, 7) is 4.00. The summed E-state index contributed by atoms with van der Waals surface area (Å²) >= 11 is 0. The molecule has 0 aliphatic rings. The highest BCUT2D eigenvalue weighted by Crippen LogP contribution is 2.30. The van der Waals surface area contributed by atoms with Gasteiger partial charge in [0.25, 0.3) is 5.89 Å². The molecule has 2 aromatic heterocycles. The minimum absolute atomic E-state index is 0.115. The maximum absolute atomic E-state index is 9.61. The van der Waals surface area contributed by atoms with E-state index in [1.54, 1.807) is 0 Å². The predicted octanol–water partition coefficient (Wildman–Crippen LogP) is 2.57. The predicted molar refractivity (Wildman–Crippen MR) is 82.1 cm³/mol. The van der Waals surface area contributed by atoms with Crippen LogP contribution in [-0.2, 0) is 5.41 Å². The molecule has 3 rings (SSSR count). The highest BCUT2D eigenvalue weighted by Gasteiger charge is 2.29. The van der Waals surface area contributed by atoms with E-state index in [0.29, 0.717) is 5.82 Å². The molecule has 0 unspecified atom stereocenters. The quantitative estimate of drug-likeness (QED) is 0.791. The van der Waals surface area contributed by atoms with Crippen LogP contribution in [0.15, 0.2) is 40.9 Å². The van der Waals surface area contributed by atoms with E-state index < -0.39 is 5.41 Å². The molecule has 7 nitrogen and oxygen atoms in total. The lowest BCUT2D eigenvalue weighted by atomic mass is 9.84. The molecule has 2 heterocycles. The van der Waals surface area contributed by atoms with Gasteiger partial charge in [0.1, 0.15) is 0 Å². The number of ether oxygens (including phenoxy) is 1. The van der Waals surface area contributed by atoms with Crippen molar-refractivity contribution in [3.05, 3.63) is 47.8 Å². The van der Waals surface area contributed by atoms with Crippen molar-refractivity contribution < 1.29 is 14.4 Å². The Kier molecular flexibility index (Phi) is 3.69. The zero-order valence-corrected chi connectivity index (χ0v) is 13.0. The number of hydrogen-bond acceptors (Lipinski definition) is 7. The van der Waals surface area contributed by atoms with E-state index in [-0.39, 0.29) is 23.5 Å². The average molecular weight is 312 g/mol. The minimum Gasteiger partial charge on any atom is -0.493 e. The molecule has 0 spiro atoms. The lowest BCUT2D eigenvalue weighted by molar-refractivity contribution is 0.380. The summed E-state index contributed by atoms with van der Waals surface area (Å²) in [5.41, 5.74) is 0.617. The summed E-state index contributed by atoms with van der Waals surface area (Å²) in [5.74, 6) is 0.732. The van der Waals surface area contributed by atoms with Crippen LogP contribution in [0.2, 0.25) is 0 Å². The van der Waals surface area contributed by atoms with Crippen molar-refractivity contribution in [3.63, 3.8) is 0 Å². The van der Waals surface area contributed by atoms with Crippen LogP contribution in [0.4, 0.5) is 0 Å². The molecular formula is C16H16N4O3. The Balaban J connectivity index is 1.99. The van der Waals surface area contributed by atoms with Gasteiger partial charge in [-0.1, -0.05) is 35.5 Å². The third kappa shape index (κ3) is 2.85. The van der Waals surface area contributed by atoms with Gasteiger partial charge in [0, 0.05) is 0 Å². The molecule has 0 bridgehead atoms. The van der Waals surface area contributed by atoms with Gasteiger partial charge in [-0.25, -0.2) is 0 Å². The number of aromatic nitrogens is 4. The number of hydrogen-bond donors (Lipinski definition) is 1. The summed E-state index contributed by atoms with van der Waals surface area (Å²) in [7, 11) is 1.45. The monoisotopic (exact) mass is 312 g/mol. The largest absolute Gasteiger partial charge is 0.493 e. The van der Waals surface area contributed by atoms with E-state index in [9.17, 15) is 5.11 Å². The molecule has 0 fully saturated rings. The summed E-state index contributed by atoms with van der Waals surface area (Å²) in [4.78, 5) is 12.4. The molecule has 23 heavy (non-hydrogen) atoms. The lowest BCUT2D eigenvalue weighted by Gasteiger charge is -2.20. The van der Waals surface area contributed by atoms with Crippen LogP contribution in [0.1, 0.15) is 25.2 Å². The normalized spacial score (nSPS) is 11.4. The Labute approximate surface area is 133 Å². The third-order valence-corrected chi connectivity index (χ3v) is 3.57. The fraction of sp³-hybridized carbons (Fsp3) is 0.250. The van der Waals surface area contributed by atoms with E-state index in [0.717, 1.165) is 5.56 Å². The Morgan fingerprint density at radius 1 is 1.09 bits per heavy atom. The molecule has 1 N–H and O–H groups in total. The molecule has 0 saturated carbocycles. The fourth-order valence-electron chi connectivity index (χ4n) is 2.17. The number of nitrogens with zero attached hydrogens (tertiary/aromatic N) is 4. The first-order valence-corrected chi connectivity index (χ1v) is 7.03. The number of methoxy groups -OCH3 is 1. The maximum Gasteiger partial charge on any atom is 0.296 e. The SMILES string of the molecule is COc1cc(O)nc(-c2nc(C(C)(C)c3ccccc3)no2)n1. The van der Waals surface area contributed by atoms with Crippen LogP contribution in [0.5, 0.6) is 11.8 Å². The van der Waals surface area contributed by atoms with Gasteiger partial charge in [-0.3, -0.25) is 0 Å². The van der Waals surface area contributed by atoms with Crippen LogP contribution in [0.3, 0.4) is 0 Å². The van der Waals surface area contributed by atoms with Crippen LogP contribution < -0.4 is 4.74 Å². The van der Waals surface area contributed by atoms with Gasteiger partial charge in [-0.05, 0) is 19.4 Å². The molecule has 1 aromatic carbocycles. The van der Waals surface area contributed by atoms with Gasteiger partial charge >= 0.3 is 0 Å². The second-order valence-electron chi connectivity index (χ2n) is 5.51. The summed E-state index contributed by atoms with van der Waals surface area (Å²) < 4.78 is 10.3. The topological polar surface area (TPSA) is 94.2 Å². The Bertz CT molecular complexity index is 815. The maximum atomic E-state index is 9.61. The molecule has 3 aromatic rings. The third-order valence-electron chi connectivity index (χ3n) is 3.57. The van der Waals surface area contributed by atoms with Crippen molar-refractivity contribution in [1.29, 1.82) is 0 Å². The Hall–Kier alpha value is -2.96. The molecule has 0 atom stereocenters. The first-order valence-electron chi connectivity index (χ1n) is 7.03. The van der Waals surface area contributed by atoms with Gasteiger partial charge in [0.15, 0.2) is 5.82 Å². The van der Waals surface area contributed by atoms with Crippen molar-refractivity contribution in [2.24, 2.45) is 0 Å². The van der Waals surface area contributed by atoms with E-state index in [4.69, 9.17) is 9.26 Å². The zero-order valence-electron chi connectivity index (χ0n) is 13.0. The smallest absolute Gasteiger partial charge is 0.296 e. The molecule has 0 amide bonds. The van der Waals surface area contributed by atoms with Crippen molar-refractivity contribution in [2.45, 2.75) is 19.3 Å². The van der Waals surface area contributed by atoms with Crippen molar-refractivity contribution in [1.82, 2.24) is 20.1 Å². The molecule has 0 aliphatic carbocycles. The van der Waals surface area contributed by atoms with Crippen LogP contribution >= 0.6 is 0 Å². The molecule has 0 aliphatic heterocycles. The van der Waals surface area contributed by atoms with Crippen LogP contribution in [-0.4, -0.2) is 32.3 Å². The van der Waals surface area contributed by atoms with E-state index >= 15 is 0 Å². The zero-order chi connectivity index (χ0) is 16.4. The van der Waals surface area contributed by atoms with E-state index in [2.05, 4.69) is 20.1 Å². The second-order valence-corrected chi connectivity index (χ2v) is 5.51. The number of rotatable bonds is 4. The van der Waals surface area contributed by atoms with Crippen molar-refractivity contribution >= 4 is 0 Å². The van der Waals surface area contributed by atoms with E-state index in [1.807, 2.05) is 44.2 Å². The van der Waals surface area contributed by atoms with Gasteiger partial charge < -0.3 is 14.4 Å². The molecule has 118 valence electrons. The Morgan fingerprint density at radius 2 is 1.83 bits per heavy atom. The second kappa shape index (κ2) is 5.68. The van der Waals surface area contributed by atoms with Crippen molar-refractivity contribution in [3.8, 4) is 23.5 Å². The summed E-state index contributed by atoms with van der Waals surface area (Å²) in [6, 6.07) is 11.2. The lowest BCUT2D eigenvalue weighted by Crippen LogP contribution is -2.20. The molecule has 0 saturated heterocycles. The summed E-state index contributed by atoms with van der Waals surface area (Å²) in [6.07, 6.45) is 0. The first kappa shape index (κ1) is 15.0. The molecule has 7 heteroatoms. The fourth-order valence-corrected chi connectivity index (χ4v) is 2.17. The Morgan fingerprint density at radius 3 is 2.52 bits per heavy atom. The summed E-state index contributed by atoms with van der Waals surface area (Å²) in [5, 5.41) is 13.6. The first-order chi connectivity index (χ1) is 11.0. The minimum atomic E-state index is -0.441. The van der Waals surface area contributed by atoms with Crippen LogP contribution in [0, 0.1) is 0 Å². The number of benzene rings is 1. The number of aromatic hydroxyl groups is 1. The van der Waals surface area contributed by atoms with Crippen molar-refractivity contribution in [2.75, 3.05) is 7.11 Å². The van der Waals surface area contributed by atoms with Gasteiger partial charge in [-0.2, -0.15) is 15.0 Å². The highest BCUT2D eigenvalue weighted by atomic mass is 16.5. The van der Waals surface area contributed by atoms with E-state index in [1.165, 1.54) is 13.2 Å².